The van der Waals surface area contributed by atoms with Crippen LogP contribution in [0.2, 0.25) is 0 Å². The molecule has 3 N–H and O–H groups in total. The molecule has 0 spiro atoms. The molecule has 3 fully saturated rings. The molecular weight excluding hydrogens is 496 g/mol. The second kappa shape index (κ2) is 13.7. The van der Waals surface area contributed by atoms with Gasteiger partial charge in [-0.2, -0.15) is 0 Å². The van der Waals surface area contributed by atoms with Crippen molar-refractivity contribution < 1.29 is 14.3 Å². The Morgan fingerprint density at radius 2 is 1.80 bits per heavy atom. The third-order valence-corrected chi connectivity index (χ3v) is 12.2. The van der Waals surface area contributed by atoms with Gasteiger partial charge in [0, 0.05) is 19.4 Å². The zero-order valence-electron chi connectivity index (χ0n) is 26.4. The van der Waals surface area contributed by atoms with E-state index in [9.17, 15) is 9.59 Å². The molecule has 40 heavy (non-hydrogen) atoms. The Bertz CT molecular complexity index is 899. The fourth-order valence-corrected chi connectivity index (χ4v) is 9.86. The maximum Gasteiger partial charge on any atom is 0.407 e. The van der Waals surface area contributed by atoms with Crippen molar-refractivity contribution in [2.75, 3.05) is 13.1 Å². The number of nitrogens with one attached hydrogen (secondary N) is 1. The lowest BCUT2D eigenvalue weighted by atomic mass is 9.47. The number of alkyl carbamates (subject to hydrolysis) is 1. The zero-order valence-corrected chi connectivity index (χ0v) is 26.4. The van der Waals surface area contributed by atoms with E-state index in [1.54, 1.807) is 5.57 Å². The number of nitrogens with two attached hydrogens (primary N) is 1. The Balaban J connectivity index is 1.27. The molecule has 4 aliphatic rings. The molecule has 0 radical (unpaired) electrons. The van der Waals surface area contributed by atoms with Crippen molar-refractivity contribution in [3.8, 4) is 0 Å². The van der Waals surface area contributed by atoms with E-state index in [1.807, 2.05) is 0 Å². The number of ether oxygens (including phenoxy) is 1. The molecule has 4 rings (SSSR count). The van der Waals surface area contributed by atoms with Gasteiger partial charge < -0.3 is 15.8 Å². The third-order valence-electron chi connectivity index (χ3n) is 12.2. The van der Waals surface area contributed by atoms with Crippen LogP contribution in [0.25, 0.3) is 0 Å². The fourth-order valence-electron chi connectivity index (χ4n) is 9.86. The van der Waals surface area contributed by atoms with Crippen LogP contribution >= 0.6 is 0 Å². The van der Waals surface area contributed by atoms with E-state index in [0.29, 0.717) is 18.4 Å². The van der Waals surface area contributed by atoms with Crippen LogP contribution in [0.1, 0.15) is 131 Å². The number of unbranched alkanes of at least 4 members (excludes halogenated alkanes) is 2. The molecule has 0 aliphatic heterocycles. The summed E-state index contributed by atoms with van der Waals surface area (Å²) in [6.07, 6.45) is 19.6. The molecule has 5 heteroatoms. The predicted molar refractivity (Wildman–Crippen MR) is 164 cm³/mol. The molecule has 1 amide bonds. The lowest BCUT2D eigenvalue weighted by Crippen LogP contribution is -2.51. The van der Waals surface area contributed by atoms with Gasteiger partial charge in [-0.05, 0) is 104 Å². The summed E-state index contributed by atoms with van der Waals surface area (Å²) in [5.74, 6) is 5.20. The second-order valence-electron chi connectivity index (χ2n) is 15.0. The lowest BCUT2D eigenvalue weighted by molar-refractivity contribution is -0.117. The summed E-state index contributed by atoms with van der Waals surface area (Å²) in [4.78, 5) is 23.8. The van der Waals surface area contributed by atoms with Crippen molar-refractivity contribution in [3.63, 3.8) is 0 Å². The van der Waals surface area contributed by atoms with Crippen molar-refractivity contribution in [1.29, 1.82) is 0 Å². The first-order valence-electron chi connectivity index (χ1n) is 16.9. The monoisotopic (exact) mass is 556 g/mol. The minimum atomic E-state index is -0.283. The maximum atomic E-state index is 12.5. The average molecular weight is 557 g/mol. The molecule has 0 heterocycles. The molecule has 0 aromatic rings. The van der Waals surface area contributed by atoms with E-state index in [0.717, 1.165) is 74.0 Å². The first-order valence-corrected chi connectivity index (χ1v) is 16.9. The zero-order chi connectivity index (χ0) is 28.9. The number of hydrogen-bond acceptors (Lipinski definition) is 4. The summed E-state index contributed by atoms with van der Waals surface area (Å²) in [5, 5.41) is 2.93. The number of allylic oxidation sites excluding steroid dienone is 1. The number of hydrogen-bond donors (Lipinski definition) is 2. The van der Waals surface area contributed by atoms with Crippen LogP contribution in [0.15, 0.2) is 11.6 Å². The number of ketones is 1. The summed E-state index contributed by atoms with van der Waals surface area (Å²) < 4.78 is 5.89. The van der Waals surface area contributed by atoms with E-state index < -0.39 is 0 Å². The summed E-state index contributed by atoms with van der Waals surface area (Å²) in [7, 11) is 0. The lowest BCUT2D eigenvalue weighted by Gasteiger charge is -2.58. The minimum Gasteiger partial charge on any atom is -0.446 e. The van der Waals surface area contributed by atoms with Gasteiger partial charge in [0.2, 0.25) is 0 Å². The third kappa shape index (κ3) is 6.98. The van der Waals surface area contributed by atoms with E-state index in [4.69, 9.17) is 10.5 Å². The molecule has 8 atom stereocenters. The first kappa shape index (κ1) is 31.6. The summed E-state index contributed by atoms with van der Waals surface area (Å²) in [6, 6.07) is 0. The number of carbonyl (C=O) groups is 2. The Hall–Kier alpha value is -1.36. The number of Topliss-reactive ketones (excluding diaryl/α,β-unsaturated/α-hetero) is 1. The fraction of sp³-hybridized carbons (Fsp3) is 0.886. The molecule has 5 nitrogen and oxygen atoms in total. The van der Waals surface area contributed by atoms with Gasteiger partial charge in [0.25, 0.3) is 0 Å². The molecule has 3 saturated carbocycles. The number of carbonyl (C=O) groups excluding carboxylic acids is 2. The van der Waals surface area contributed by atoms with Crippen LogP contribution in [-0.4, -0.2) is 31.1 Å². The van der Waals surface area contributed by atoms with Gasteiger partial charge in [-0.1, -0.05) is 72.0 Å². The van der Waals surface area contributed by atoms with Gasteiger partial charge in [0.15, 0.2) is 0 Å². The Labute approximate surface area is 245 Å². The number of rotatable bonds is 13. The highest BCUT2D eigenvalue weighted by atomic mass is 16.6. The van der Waals surface area contributed by atoms with Gasteiger partial charge in [-0.25, -0.2) is 4.79 Å². The van der Waals surface area contributed by atoms with Crippen molar-refractivity contribution in [1.82, 2.24) is 5.32 Å². The molecule has 0 saturated heterocycles. The van der Waals surface area contributed by atoms with Crippen LogP contribution in [0.3, 0.4) is 0 Å². The van der Waals surface area contributed by atoms with Gasteiger partial charge in [0.05, 0.1) is 6.54 Å². The topological polar surface area (TPSA) is 81.4 Å². The Morgan fingerprint density at radius 3 is 2.55 bits per heavy atom. The predicted octanol–water partition coefficient (Wildman–Crippen LogP) is 8.21. The van der Waals surface area contributed by atoms with Crippen LogP contribution in [0.4, 0.5) is 4.79 Å². The highest BCUT2D eigenvalue weighted by Crippen LogP contribution is 2.67. The van der Waals surface area contributed by atoms with E-state index in [1.165, 1.54) is 51.4 Å². The molecule has 0 aromatic carbocycles. The van der Waals surface area contributed by atoms with E-state index in [-0.39, 0.29) is 29.9 Å². The van der Waals surface area contributed by atoms with Gasteiger partial charge in [0.1, 0.15) is 11.9 Å². The summed E-state index contributed by atoms with van der Waals surface area (Å²) in [5.41, 5.74) is 7.73. The molecule has 3 unspecified atom stereocenters. The average Bonchev–Trinajstić information content (AvgIpc) is 3.27. The van der Waals surface area contributed by atoms with Gasteiger partial charge in [-0.3, -0.25) is 4.79 Å². The summed E-state index contributed by atoms with van der Waals surface area (Å²) in [6.45, 7) is 13.2. The minimum absolute atomic E-state index is 0.00513. The van der Waals surface area contributed by atoms with E-state index in [2.05, 4.69) is 46.0 Å². The number of fused-ring (bicyclic) bond motifs is 5. The molecule has 0 aromatic heterocycles. The van der Waals surface area contributed by atoms with Gasteiger partial charge >= 0.3 is 6.09 Å². The second-order valence-corrected chi connectivity index (χ2v) is 15.0. The largest absolute Gasteiger partial charge is 0.446 e. The summed E-state index contributed by atoms with van der Waals surface area (Å²) >= 11 is 0. The van der Waals surface area contributed by atoms with E-state index >= 15 is 0 Å². The quantitative estimate of drug-likeness (QED) is 0.177. The van der Waals surface area contributed by atoms with Crippen molar-refractivity contribution >= 4 is 11.9 Å². The first-order chi connectivity index (χ1) is 19.1. The SMILES string of the molecule is CC(C)CCC[C@@H](C)[C@H]1CCC2C3CC=C4C[C@@H](OC(=O)NCCCCCC(=O)CN)CC[C@]4(C)C3CC[C@@]21C. The van der Waals surface area contributed by atoms with Crippen LogP contribution in [0, 0.1) is 46.3 Å². The number of amides is 1. The Kier molecular flexibility index (Phi) is 10.8. The highest BCUT2D eigenvalue weighted by Gasteiger charge is 2.59. The Morgan fingerprint density at radius 1 is 1.00 bits per heavy atom. The van der Waals surface area contributed by atoms with Crippen molar-refractivity contribution in [2.24, 2.45) is 52.1 Å². The van der Waals surface area contributed by atoms with Crippen molar-refractivity contribution in [3.05, 3.63) is 11.6 Å². The van der Waals surface area contributed by atoms with Crippen LogP contribution in [0.5, 0.6) is 0 Å². The standard InChI is InChI=1S/C35H60N2O3/c1-24(2)10-9-11-25(3)30-15-16-31-29-14-13-26-22-28(17-19-34(26,4)32(29)18-20-35(30,31)5)40-33(39)37-21-8-6-7-12-27(38)23-36/h13,24-25,28-32H,6-12,14-23,36H2,1-5H3,(H,37,39)/t25-,28+,29?,30-,31?,32?,34+,35-/m1/s1. The van der Waals surface area contributed by atoms with Crippen molar-refractivity contribution in [2.45, 2.75) is 137 Å². The molecule has 4 aliphatic carbocycles. The smallest absolute Gasteiger partial charge is 0.407 e. The van der Waals surface area contributed by atoms with Crippen LogP contribution in [-0.2, 0) is 9.53 Å². The normalized spacial score (nSPS) is 35.8. The molecular formula is C35H60N2O3. The van der Waals surface area contributed by atoms with Crippen LogP contribution < -0.4 is 11.1 Å². The molecule has 228 valence electrons. The molecule has 0 bridgehead atoms. The maximum absolute atomic E-state index is 12.5. The van der Waals surface area contributed by atoms with Gasteiger partial charge in [-0.15, -0.1) is 0 Å². The highest BCUT2D eigenvalue weighted by molar-refractivity contribution is 5.80.